The Balaban J connectivity index is 1.87. The van der Waals surface area contributed by atoms with Gasteiger partial charge in [-0.2, -0.15) is 0 Å². The van der Waals surface area contributed by atoms with E-state index in [1.165, 1.54) is 25.9 Å². The Morgan fingerprint density at radius 2 is 2.00 bits per heavy atom. The molecule has 3 nitrogen and oxygen atoms in total. The van der Waals surface area contributed by atoms with Crippen LogP contribution in [0.1, 0.15) is 32.6 Å². The Morgan fingerprint density at radius 1 is 1.27 bits per heavy atom. The molecular weight excluding hydrogens is 188 g/mol. The van der Waals surface area contributed by atoms with Gasteiger partial charge in [0.1, 0.15) is 0 Å². The van der Waals surface area contributed by atoms with Crippen LogP contribution in [0.5, 0.6) is 0 Å². The Kier molecular flexibility index (Phi) is 4.00. The van der Waals surface area contributed by atoms with Crippen molar-refractivity contribution in [2.45, 2.75) is 44.8 Å². The van der Waals surface area contributed by atoms with Gasteiger partial charge in [0.25, 0.3) is 0 Å². The molecule has 0 aromatic carbocycles. The highest BCUT2D eigenvalue weighted by atomic mass is 16.3. The zero-order chi connectivity index (χ0) is 10.7. The molecular formula is C12H24N2O. The molecule has 2 atom stereocenters. The van der Waals surface area contributed by atoms with Gasteiger partial charge in [-0.15, -0.1) is 0 Å². The van der Waals surface area contributed by atoms with Crippen LogP contribution >= 0.6 is 0 Å². The fraction of sp³-hybridized carbons (Fsp3) is 1.00. The number of nitrogens with one attached hydrogen (secondary N) is 1. The molecule has 3 heteroatoms. The van der Waals surface area contributed by atoms with Gasteiger partial charge >= 0.3 is 0 Å². The predicted molar refractivity (Wildman–Crippen MR) is 61.9 cm³/mol. The fourth-order valence-electron chi connectivity index (χ4n) is 2.95. The summed E-state index contributed by atoms with van der Waals surface area (Å²) in [6.45, 7) is 6.74. The van der Waals surface area contributed by atoms with E-state index in [1.54, 1.807) is 0 Å². The van der Waals surface area contributed by atoms with Gasteiger partial charge in [-0.05, 0) is 44.7 Å². The maximum atomic E-state index is 9.85. The van der Waals surface area contributed by atoms with E-state index in [1.807, 2.05) is 0 Å². The Bertz CT molecular complexity index is 192. The summed E-state index contributed by atoms with van der Waals surface area (Å²) in [5.74, 6) is 0.508. The summed E-state index contributed by atoms with van der Waals surface area (Å²) in [5, 5.41) is 13.3. The molecule has 0 bridgehead atoms. The van der Waals surface area contributed by atoms with Crippen molar-refractivity contribution < 1.29 is 5.11 Å². The van der Waals surface area contributed by atoms with Crippen LogP contribution in [0.15, 0.2) is 0 Å². The smallest absolute Gasteiger partial charge is 0.0592 e. The van der Waals surface area contributed by atoms with Crippen LogP contribution in [-0.4, -0.2) is 48.3 Å². The topological polar surface area (TPSA) is 35.5 Å². The van der Waals surface area contributed by atoms with Crippen molar-refractivity contribution in [2.75, 3.05) is 26.2 Å². The number of hydrogen-bond acceptors (Lipinski definition) is 3. The second-order valence-electron chi connectivity index (χ2n) is 5.00. The number of hydrogen-bond donors (Lipinski definition) is 2. The Labute approximate surface area is 92.8 Å². The van der Waals surface area contributed by atoms with Crippen molar-refractivity contribution in [1.29, 1.82) is 0 Å². The normalized spacial score (nSPS) is 35.6. The molecule has 2 heterocycles. The number of rotatable bonds is 2. The first-order valence-electron chi connectivity index (χ1n) is 6.44. The first-order chi connectivity index (χ1) is 7.31. The molecule has 2 rings (SSSR count). The van der Waals surface area contributed by atoms with Gasteiger partial charge in [0.2, 0.25) is 0 Å². The number of nitrogens with zero attached hydrogens (tertiary/aromatic N) is 1. The third-order valence-corrected chi connectivity index (χ3v) is 4.07. The number of aliphatic hydroxyl groups excluding tert-OH is 1. The Hall–Kier alpha value is -0.120. The summed E-state index contributed by atoms with van der Waals surface area (Å²) in [6, 6.07) is 0.771. The average molecular weight is 212 g/mol. The lowest BCUT2D eigenvalue weighted by atomic mass is 9.90. The first kappa shape index (κ1) is 11.4. The summed E-state index contributed by atoms with van der Waals surface area (Å²) < 4.78 is 0. The van der Waals surface area contributed by atoms with Crippen LogP contribution < -0.4 is 5.32 Å². The third-order valence-electron chi connectivity index (χ3n) is 4.07. The standard InChI is InChI=1S/C12H24N2O/c1-2-10-9-14(8-5-12(10)15)11-3-6-13-7-4-11/h10-13,15H,2-9H2,1H3/t10-,12-/m0/s1. The van der Waals surface area contributed by atoms with Crippen LogP contribution in [0.2, 0.25) is 0 Å². The van der Waals surface area contributed by atoms with E-state index in [0.717, 1.165) is 32.0 Å². The molecule has 0 saturated carbocycles. The number of likely N-dealkylation sites (tertiary alicyclic amines) is 1. The number of aliphatic hydroxyl groups is 1. The second kappa shape index (κ2) is 5.28. The molecule has 2 aliphatic heterocycles. The van der Waals surface area contributed by atoms with Crippen molar-refractivity contribution in [3.8, 4) is 0 Å². The maximum Gasteiger partial charge on any atom is 0.0592 e. The fourth-order valence-corrected chi connectivity index (χ4v) is 2.95. The molecule has 0 aromatic rings. The predicted octanol–water partition coefficient (Wildman–Crippen LogP) is 0.831. The molecule has 0 unspecified atom stereocenters. The highest BCUT2D eigenvalue weighted by Crippen LogP contribution is 2.24. The van der Waals surface area contributed by atoms with Gasteiger partial charge in [-0.3, -0.25) is 4.90 Å². The van der Waals surface area contributed by atoms with Gasteiger partial charge in [0.05, 0.1) is 6.10 Å². The molecule has 2 N–H and O–H groups in total. The SMILES string of the molecule is CC[C@H]1CN(C2CCNCC2)CC[C@@H]1O. The van der Waals surface area contributed by atoms with E-state index in [4.69, 9.17) is 0 Å². The minimum Gasteiger partial charge on any atom is -0.393 e. The van der Waals surface area contributed by atoms with Crippen LogP contribution in [0.3, 0.4) is 0 Å². The van der Waals surface area contributed by atoms with E-state index in [9.17, 15) is 5.11 Å². The minimum absolute atomic E-state index is 0.0482. The van der Waals surface area contributed by atoms with Crippen molar-refractivity contribution in [1.82, 2.24) is 10.2 Å². The lowest BCUT2D eigenvalue weighted by Gasteiger charge is -2.42. The van der Waals surface area contributed by atoms with Crippen molar-refractivity contribution in [3.63, 3.8) is 0 Å². The van der Waals surface area contributed by atoms with Gasteiger partial charge < -0.3 is 10.4 Å². The third kappa shape index (κ3) is 2.71. The van der Waals surface area contributed by atoms with Crippen LogP contribution in [0, 0.1) is 5.92 Å². The first-order valence-corrected chi connectivity index (χ1v) is 6.44. The molecule has 15 heavy (non-hydrogen) atoms. The van der Waals surface area contributed by atoms with Crippen LogP contribution in [0.25, 0.3) is 0 Å². The zero-order valence-electron chi connectivity index (χ0n) is 9.78. The molecule has 0 spiro atoms. The largest absolute Gasteiger partial charge is 0.393 e. The highest BCUT2D eigenvalue weighted by molar-refractivity contribution is 4.85. The van der Waals surface area contributed by atoms with E-state index in [0.29, 0.717) is 5.92 Å². The highest BCUT2D eigenvalue weighted by Gasteiger charge is 2.30. The van der Waals surface area contributed by atoms with Crippen LogP contribution in [0.4, 0.5) is 0 Å². The van der Waals surface area contributed by atoms with Crippen molar-refractivity contribution in [2.24, 2.45) is 5.92 Å². The van der Waals surface area contributed by atoms with Crippen LogP contribution in [-0.2, 0) is 0 Å². The summed E-state index contributed by atoms with van der Waals surface area (Å²) in [4.78, 5) is 2.61. The van der Waals surface area contributed by atoms with E-state index >= 15 is 0 Å². The lowest BCUT2D eigenvalue weighted by molar-refractivity contribution is 0.00278. The van der Waals surface area contributed by atoms with Gasteiger partial charge in [-0.25, -0.2) is 0 Å². The maximum absolute atomic E-state index is 9.85. The molecule has 0 amide bonds. The monoisotopic (exact) mass is 212 g/mol. The lowest BCUT2D eigenvalue weighted by Crippen LogP contribution is -2.50. The molecule has 2 saturated heterocycles. The van der Waals surface area contributed by atoms with E-state index < -0.39 is 0 Å². The van der Waals surface area contributed by atoms with Crippen molar-refractivity contribution in [3.05, 3.63) is 0 Å². The molecule has 0 aliphatic carbocycles. The van der Waals surface area contributed by atoms with Gasteiger partial charge in [0.15, 0.2) is 0 Å². The molecule has 2 aliphatic rings. The van der Waals surface area contributed by atoms with Gasteiger partial charge in [-0.1, -0.05) is 6.92 Å². The quantitative estimate of drug-likeness (QED) is 0.712. The van der Waals surface area contributed by atoms with Gasteiger partial charge in [0, 0.05) is 19.1 Å². The molecule has 88 valence electrons. The summed E-state index contributed by atoms with van der Waals surface area (Å²) in [7, 11) is 0. The summed E-state index contributed by atoms with van der Waals surface area (Å²) >= 11 is 0. The summed E-state index contributed by atoms with van der Waals surface area (Å²) in [5.41, 5.74) is 0. The Morgan fingerprint density at radius 3 is 2.67 bits per heavy atom. The van der Waals surface area contributed by atoms with Crippen molar-refractivity contribution >= 4 is 0 Å². The second-order valence-corrected chi connectivity index (χ2v) is 5.00. The molecule has 2 fully saturated rings. The van der Waals surface area contributed by atoms with E-state index in [-0.39, 0.29) is 6.10 Å². The molecule has 0 aromatic heterocycles. The minimum atomic E-state index is -0.0482. The number of piperidine rings is 2. The average Bonchev–Trinajstić information content (AvgIpc) is 2.31. The zero-order valence-corrected chi connectivity index (χ0v) is 9.78. The summed E-state index contributed by atoms with van der Waals surface area (Å²) in [6.07, 6.45) is 4.61. The molecule has 0 radical (unpaired) electrons. The van der Waals surface area contributed by atoms with E-state index in [2.05, 4.69) is 17.1 Å².